The molecule has 0 saturated carbocycles. The molecule has 26 heavy (non-hydrogen) atoms. The number of morpholine rings is 1. The first kappa shape index (κ1) is 18.3. The average Bonchev–Trinajstić information content (AvgIpc) is 2.61. The predicted molar refractivity (Wildman–Crippen MR) is 98.2 cm³/mol. The molecule has 0 aromatic carbocycles. The molecule has 1 N–H and O–H groups in total. The van der Waals surface area contributed by atoms with Gasteiger partial charge in [0.05, 0.1) is 13.2 Å². The van der Waals surface area contributed by atoms with Crippen molar-refractivity contribution in [3.05, 3.63) is 40.4 Å². The van der Waals surface area contributed by atoms with Gasteiger partial charge in [0.25, 0.3) is 5.91 Å². The topological polar surface area (TPSA) is 84.4 Å². The molecule has 7 nitrogen and oxygen atoms in total. The molecule has 0 radical (unpaired) electrons. The lowest BCUT2D eigenvalue weighted by atomic mass is 9.92. The van der Waals surface area contributed by atoms with Crippen LogP contribution in [0.15, 0.2) is 29.1 Å². The molecule has 1 saturated heterocycles. The van der Waals surface area contributed by atoms with Gasteiger partial charge in [-0.1, -0.05) is 11.6 Å². The van der Waals surface area contributed by atoms with Crippen LogP contribution in [-0.4, -0.2) is 54.5 Å². The average molecular weight is 356 g/mol. The van der Waals surface area contributed by atoms with E-state index in [9.17, 15) is 9.59 Å². The standard InChI is InChI=1S/C19H24N4O3/c1-12-8-13(2)15(16(24)9-12)10-20-19(25)17-14(3)18(22-11-21-17)23-4-6-26-7-5-23/h8,11H,4-7,9-10H2,1-3H3,(H,20,25). The number of ketones is 1. The number of anilines is 1. The molecule has 1 aromatic heterocycles. The number of aromatic nitrogens is 2. The zero-order valence-corrected chi connectivity index (χ0v) is 15.5. The van der Waals surface area contributed by atoms with Crippen LogP contribution in [0.5, 0.6) is 0 Å². The summed E-state index contributed by atoms with van der Waals surface area (Å²) in [5.41, 5.74) is 3.69. The second-order valence-electron chi connectivity index (χ2n) is 6.71. The second-order valence-corrected chi connectivity index (χ2v) is 6.71. The maximum absolute atomic E-state index is 12.6. The highest BCUT2D eigenvalue weighted by Crippen LogP contribution is 2.21. The Labute approximate surface area is 153 Å². The third-order valence-electron chi connectivity index (χ3n) is 4.72. The van der Waals surface area contributed by atoms with Gasteiger partial charge in [0.2, 0.25) is 0 Å². The van der Waals surface area contributed by atoms with Crippen molar-refractivity contribution in [2.75, 3.05) is 37.7 Å². The van der Waals surface area contributed by atoms with E-state index in [2.05, 4.69) is 20.2 Å². The maximum atomic E-state index is 12.6. The number of ether oxygens (including phenoxy) is 1. The fourth-order valence-corrected chi connectivity index (χ4v) is 3.34. The van der Waals surface area contributed by atoms with E-state index in [1.807, 2.05) is 26.8 Å². The van der Waals surface area contributed by atoms with Crippen LogP contribution in [0, 0.1) is 6.92 Å². The highest BCUT2D eigenvalue weighted by atomic mass is 16.5. The third-order valence-corrected chi connectivity index (χ3v) is 4.72. The fraction of sp³-hybridized carbons (Fsp3) is 0.474. The number of carbonyl (C=O) groups is 2. The number of carbonyl (C=O) groups excluding carboxylic acids is 2. The van der Waals surface area contributed by atoms with Crippen LogP contribution in [0.2, 0.25) is 0 Å². The SMILES string of the molecule is CC1=CC(C)=C(CNC(=O)c2ncnc(N3CCOCC3)c2C)C(=O)C1. The van der Waals surface area contributed by atoms with Gasteiger partial charge in [-0.05, 0) is 26.3 Å². The van der Waals surface area contributed by atoms with Crippen molar-refractivity contribution in [3.8, 4) is 0 Å². The molecular weight excluding hydrogens is 332 g/mol. The lowest BCUT2D eigenvalue weighted by Gasteiger charge is -2.29. The number of hydrogen-bond acceptors (Lipinski definition) is 6. The summed E-state index contributed by atoms with van der Waals surface area (Å²) in [6.45, 7) is 8.67. The highest BCUT2D eigenvalue weighted by Gasteiger charge is 2.22. The van der Waals surface area contributed by atoms with E-state index in [-0.39, 0.29) is 18.2 Å². The Balaban J connectivity index is 1.74. The molecule has 1 aliphatic heterocycles. The van der Waals surface area contributed by atoms with Crippen molar-refractivity contribution in [2.45, 2.75) is 27.2 Å². The maximum Gasteiger partial charge on any atom is 0.270 e. The molecular formula is C19H24N4O3. The number of allylic oxidation sites excluding steroid dienone is 3. The summed E-state index contributed by atoms with van der Waals surface area (Å²) in [6.07, 6.45) is 3.82. The first-order chi connectivity index (χ1) is 12.5. The van der Waals surface area contributed by atoms with Crippen LogP contribution in [0.1, 0.15) is 36.3 Å². The first-order valence-electron chi connectivity index (χ1n) is 8.80. The highest BCUT2D eigenvalue weighted by molar-refractivity contribution is 6.01. The third kappa shape index (κ3) is 3.83. The van der Waals surface area contributed by atoms with Crippen molar-refractivity contribution in [3.63, 3.8) is 0 Å². The smallest absolute Gasteiger partial charge is 0.270 e. The minimum atomic E-state index is -0.293. The first-order valence-corrected chi connectivity index (χ1v) is 8.80. The number of nitrogens with zero attached hydrogens (tertiary/aromatic N) is 3. The molecule has 0 atom stereocenters. The van der Waals surface area contributed by atoms with Gasteiger partial charge in [0.15, 0.2) is 5.78 Å². The van der Waals surface area contributed by atoms with Crippen molar-refractivity contribution >= 4 is 17.5 Å². The van der Waals surface area contributed by atoms with Gasteiger partial charge in [-0.2, -0.15) is 0 Å². The summed E-state index contributed by atoms with van der Waals surface area (Å²) < 4.78 is 5.37. The molecule has 2 aliphatic rings. The molecule has 0 spiro atoms. The summed E-state index contributed by atoms with van der Waals surface area (Å²) in [7, 11) is 0. The minimum absolute atomic E-state index is 0.0659. The number of nitrogens with one attached hydrogen (secondary N) is 1. The zero-order valence-electron chi connectivity index (χ0n) is 15.5. The normalized spacial score (nSPS) is 18.0. The summed E-state index contributed by atoms with van der Waals surface area (Å²) in [5, 5.41) is 2.83. The molecule has 0 unspecified atom stereocenters. The van der Waals surface area contributed by atoms with Crippen LogP contribution in [0.3, 0.4) is 0 Å². The Morgan fingerprint density at radius 2 is 1.96 bits per heavy atom. The molecule has 1 fully saturated rings. The number of rotatable bonds is 4. The van der Waals surface area contributed by atoms with E-state index in [1.165, 1.54) is 6.33 Å². The molecule has 1 aliphatic carbocycles. The van der Waals surface area contributed by atoms with Gasteiger partial charge in [0.1, 0.15) is 17.8 Å². The van der Waals surface area contributed by atoms with E-state index in [1.54, 1.807) is 0 Å². The van der Waals surface area contributed by atoms with Crippen LogP contribution in [-0.2, 0) is 9.53 Å². The predicted octanol–water partition coefficient (Wildman–Crippen LogP) is 1.59. The van der Waals surface area contributed by atoms with Crippen molar-refractivity contribution < 1.29 is 14.3 Å². The van der Waals surface area contributed by atoms with E-state index in [4.69, 9.17) is 4.74 Å². The van der Waals surface area contributed by atoms with Crippen LogP contribution in [0.4, 0.5) is 5.82 Å². The minimum Gasteiger partial charge on any atom is -0.378 e. The molecule has 2 heterocycles. The van der Waals surface area contributed by atoms with Crippen LogP contribution < -0.4 is 10.2 Å². The molecule has 1 aromatic rings. The Kier molecular flexibility index (Phi) is 5.46. The Bertz CT molecular complexity index is 792. The Hall–Kier alpha value is -2.54. The van der Waals surface area contributed by atoms with Gasteiger partial charge in [-0.25, -0.2) is 9.97 Å². The zero-order chi connectivity index (χ0) is 18.7. The molecule has 0 bridgehead atoms. The summed E-state index contributed by atoms with van der Waals surface area (Å²) >= 11 is 0. The van der Waals surface area contributed by atoms with Gasteiger partial charge in [-0.3, -0.25) is 9.59 Å². The van der Waals surface area contributed by atoms with Gasteiger partial charge in [0, 0.05) is 37.2 Å². The molecule has 1 amide bonds. The quantitative estimate of drug-likeness (QED) is 0.882. The lowest BCUT2D eigenvalue weighted by Crippen LogP contribution is -2.38. The van der Waals surface area contributed by atoms with Gasteiger partial charge < -0.3 is 15.0 Å². The van der Waals surface area contributed by atoms with Gasteiger partial charge in [-0.15, -0.1) is 0 Å². The van der Waals surface area contributed by atoms with Gasteiger partial charge >= 0.3 is 0 Å². The summed E-state index contributed by atoms with van der Waals surface area (Å²) in [6, 6.07) is 0. The van der Waals surface area contributed by atoms with E-state index in [0.717, 1.165) is 35.6 Å². The molecule has 7 heteroatoms. The van der Waals surface area contributed by atoms with Crippen molar-refractivity contribution in [1.82, 2.24) is 15.3 Å². The second kappa shape index (κ2) is 7.78. The van der Waals surface area contributed by atoms with Crippen molar-refractivity contribution in [2.24, 2.45) is 0 Å². The summed E-state index contributed by atoms with van der Waals surface area (Å²) in [4.78, 5) is 35.4. The largest absolute Gasteiger partial charge is 0.378 e. The monoisotopic (exact) mass is 356 g/mol. The fourth-order valence-electron chi connectivity index (χ4n) is 3.34. The van der Waals surface area contributed by atoms with E-state index in [0.29, 0.717) is 30.9 Å². The Morgan fingerprint density at radius 3 is 2.65 bits per heavy atom. The Morgan fingerprint density at radius 1 is 1.23 bits per heavy atom. The molecule has 138 valence electrons. The van der Waals surface area contributed by atoms with E-state index >= 15 is 0 Å². The number of amides is 1. The lowest BCUT2D eigenvalue weighted by molar-refractivity contribution is -0.115. The summed E-state index contributed by atoms with van der Waals surface area (Å²) in [5.74, 6) is 0.533. The molecule has 3 rings (SSSR count). The van der Waals surface area contributed by atoms with Crippen molar-refractivity contribution in [1.29, 1.82) is 0 Å². The number of hydrogen-bond donors (Lipinski definition) is 1. The van der Waals surface area contributed by atoms with E-state index < -0.39 is 0 Å². The van der Waals surface area contributed by atoms with Crippen LogP contribution >= 0.6 is 0 Å². The van der Waals surface area contributed by atoms with Crippen LogP contribution in [0.25, 0.3) is 0 Å². The number of Topliss-reactive ketones (excluding diaryl/α,β-unsaturated/α-hetero) is 1.